The molecule has 1 aliphatic rings. The number of nitrogens with zero attached hydrogens (tertiary/aromatic N) is 1. The molecular weight excluding hydrogens is 186 g/mol. The van der Waals surface area contributed by atoms with Crippen LogP contribution in [0.4, 0.5) is 8.78 Å². The highest BCUT2D eigenvalue weighted by molar-refractivity contribution is 5.22. The molecule has 1 fully saturated rings. The summed E-state index contributed by atoms with van der Waals surface area (Å²) in [7, 11) is 0. The molecule has 2 nitrogen and oxygen atoms in total. The zero-order valence-electron chi connectivity index (χ0n) is 7.71. The Balaban J connectivity index is 2.21. The first-order valence-corrected chi connectivity index (χ1v) is 4.74. The first kappa shape index (κ1) is 9.52. The van der Waals surface area contributed by atoms with E-state index in [0.717, 1.165) is 24.9 Å². The summed E-state index contributed by atoms with van der Waals surface area (Å²) in [4.78, 5) is 3.83. The van der Waals surface area contributed by atoms with Crippen molar-refractivity contribution in [3.8, 4) is 0 Å². The fourth-order valence-corrected chi connectivity index (χ4v) is 1.76. The molecule has 4 heteroatoms. The Morgan fingerprint density at radius 1 is 1.43 bits per heavy atom. The van der Waals surface area contributed by atoms with E-state index < -0.39 is 6.43 Å². The monoisotopic (exact) mass is 198 g/mol. The lowest BCUT2D eigenvalue weighted by atomic mass is 10.1. The van der Waals surface area contributed by atoms with Crippen LogP contribution in [0.15, 0.2) is 18.5 Å². The lowest BCUT2D eigenvalue weighted by Crippen LogP contribution is -2.13. The normalized spacial score (nSPS) is 21.8. The molecule has 1 N–H and O–H groups in total. The third-order valence-corrected chi connectivity index (χ3v) is 2.50. The first-order chi connectivity index (χ1) is 6.77. The lowest BCUT2D eigenvalue weighted by molar-refractivity contribution is 0.151. The van der Waals surface area contributed by atoms with Gasteiger partial charge in [-0.15, -0.1) is 0 Å². The SMILES string of the molecule is FC(F)c1cncc(C2CCCN2)c1. The van der Waals surface area contributed by atoms with Crippen LogP contribution in [-0.2, 0) is 0 Å². The molecule has 2 heterocycles. The maximum Gasteiger partial charge on any atom is 0.265 e. The van der Waals surface area contributed by atoms with E-state index in [1.807, 2.05) is 0 Å². The van der Waals surface area contributed by atoms with Crippen LogP contribution in [0.3, 0.4) is 0 Å². The molecule has 76 valence electrons. The molecule has 1 aromatic rings. The summed E-state index contributed by atoms with van der Waals surface area (Å²) in [6.07, 6.45) is 2.57. The summed E-state index contributed by atoms with van der Waals surface area (Å²) in [5, 5.41) is 3.25. The third kappa shape index (κ3) is 1.90. The molecule has 0 aliphatic carbocycles. The lowest BCUT2D eigenvalue weighted by Gasteiger charge is -2.10. The number of halogens is 2. The number of rotatable bonds is 2. The van der Waals surface area contributed by atoms with Gasteiger partial charge in [0, 0.05) is 24.0 Å². The Kier molecular flexibility index (Phi) is 2.72. The molecule has 1 atom stereocenters. The summed E-state index contributed by atoms with van der Waals surface area (Å²) in [6.45, 7) is 0.962. The van der Waals surface area contributed by atoms with Gasteiger partial charge in [-0.25, -0.2) is 8.78 Å². The molecule has 0 amide bonds. The molecule has 0 bridgehead atoms. The average molecular weight is 198 g/mol. The Morgan fingerprint density at radius 2 is 2.29 bits per heavy atom. The van der Waals surface area contributed by atoms with E-state index in [1.54, 1.807) is 12.3 Å². The van der Waals surface area contributed by atoms with E-state index in [1.165, 1.54) is 6.20 Å². The topological polar surface area (TPSA) is 24.9 Å². The Morgan fingerprint density at radius 3 is 2.93 bits per heavy atom. The molecule has 14 heavy (non-hydrogen) atoms. The van der Waals surface area contributed by atoms with Gasteiger partial charge in [0.2, 0.25) is 0 Å². The second kappa shape index (κ2) is 4.00. The van der Waals surface area contributed by atoms with Gasteiger partial charge in [-0.3, -0.25) is 4.98 Å². The Labute approximate surface area is 81.4 Å². The van der Waals surface area contributed by atoms with Crippen molar-refractivity contribution in [1.82, 2.24) is 10.3 Å². The van der Waals surface area contributed by atoms with Crippen LogP contribution in [0.1, 0.15) is 36.4 Å². The molecule has 1 saturated heterocycles. The summed E-state index contributed by atoms with van der Waals surface area (Å²) in [5.74, 6) is 0. The summed E-state index contributed by atoms with van der Waals surface area (Å²) in [6, 6.07) is 1.75. The van der Waals surface area contributed by atoms with Crippen LogP contribution in [0.25, 0.3) is 0 Å². The Bertz CT molecular complexity index is 309. The maximum absolute atomic E-state index is 12.4. The van der Waals surface area contributed by atoms with Crippen molar-refractivity contribution < 1.29 is 8.78 Å². The fourth-order valence-electron chi connectivity index (χ4n) is 1.76. The van der Waals surface area contributed by atoms with Crippen LogP contribution < -0.4 is 5.32 Å². The van der Waals surface area contributed by atoms with Crippen molar-refractivity contribution in [1.29, 1.82) is 0 Å². The van der Waals surface area contributed by atoms with E-state index in [0.29, 0.717) is 0 Å². The van der Waals surface area contributed by atoms with E-state index >= 15 is 0 Å². The minimum absolute atomic E-state index is 0.0104. The van der Waals surface area contributed by atoms with Crippen molar-refractivity contribution >= 4 is 0 Å². The smallest absolute Gasteiger partial charge is 0.265 e. The van der Waals surface area contributed by atoms with Gasteiger partial charge in [0.1, 0.15) is 0 Å². The van der Waals surface area contributed by atoms with E-state index in [-0.39, 0.29) is 11.6 Å². The molecule has 0 aromatic carbocycles. The number of alkyl halides is 2. The van der Waals surface area contributed by atoms with Crippen LogP contribution in [0.5, 0.6) is 0 Å². The van der Waals surface area contributed by atoms with Gasteiger partial charge in [-0.2, -0.15) is 0 Å². The average Bonchev–Trinajstić information content (AvgIpc) is 2.71. The van der Waals surface area contributed by atoms with E-state index in [9.17, 15) is 8.78 Å². The zero-order chi connectivity index (χ0) is 9.97. The van der Waals surface area contributed by atoms with Gasteiger partial charge < -0.3 is 5.32 Å². The van der Waals surface area contributed by atoms with E-state index in [2.05, 4.69) is 10.3 Å². The highest BCUT2D eigenvalue weighted by Gasteiger charge is 2.18. The number of pyridine rings is 1. The number of aromatic nitrogens is 1. The summed E-state index contributed by atoms with van der Waals surface area (Å²) >= 11 is 0. The largest absolute Gasteiger partial charge is 0.310 e. The predicted molar refractivity (Wildman–Crippen MR) is 49.2 cm³/mol. The van der Waals surface area contributed by atoms with Crippen molar-refractivity contribution in [2.45, 2.75) is 25.3 Å². The molecule has 0 saturated carbocycles. The van der Waals surface area contributed by atoms with Crippen molar-refractivity contribution in [3.05, 3.63) is 29.6 Å². The molecule has 0 radical (unpaired) electrons. The summed E-state index contributed by atoms with van der Waals surface area (Å²) < 4.78 is 24.7. The van der Waals surface area contributed by atoms with Crippen LogP contribution >= 0.6 is 0 Å². The van der Waals surface area contributed by atoms with Crippen LogP contribution in [0, 0.1) is 0 Å². The quantitative estimate of drug-likeness (QED) is 0.789. The van der Waals surface area contributed by atoms with Crippen LogP contribution in [-0.4, -0.2) is 11.5 Å². The predicted octanol–water partition coefficient (Wildman–Crippen LogP) is 2.44. The number of hydrogen-bond acceptors (Lipinski definition) is 2. The summed E-state index contributed by atoms with van der Waals surface area (Å²) in [5.41, 5.74) is 0.886. The second-order valence-corrected chi connectivity index (χ2v) is 3.50. The van der Waals surface area contributed by atoms with Gasteiger partial charge in [-0.1, -0.05) is 0 Å². The molecule has 1 aromatic heterocycles. The minimum Gasteiger partial charge on any atom is -0.310 e. The van der Waals surface area contributed by atoms with Gasteiger partial charge in [-0.05, 0) is 31.0 Å². The third-order valence-electron chi connectivity index (χ3n) is 2.50. The molecule has 1 aliphatic heterocycles. The van der Waals surface area contributed by atoms with Gasteiger partial charge >= 0.3 is 0 Å². The highest BCUT2D eigenvalue weighted by atomic mass is 19.3. The first-order valence-electron chi connectivity index (χ1n) is 4.74. The van der Waals surface area contributed by atoms with Gasteiger partial charge in [0.25, 0.3) is 6.43 Å². The van der Waals surface area contributed by atoms with Crippen molar-refractivity contribution in [2.75, 3.05) is 6.54 Å². The zero-order valence-corrected chi connectivity index (χ0v) is 7.71. The fraction of sp³-hybridized carbons (Fsp3) is 0.500. The molecule has 0 spiro atoms. The number of nitrogens with one attached hydrogen (secondary N) is 1. The number of hydrogen-bond donors (Lipinski definition) is 1. The van der Waals surface area contributed by atoms with Gasteiger partial charge in [0.15, 0.2) is 0 Å². The molecular formula is C10H12F2N2. The van der Waals surface area contributed by atoms with Crippen molar-refractivity contribution in [2.24, 2.45) is 0 Å². The highest BCUT2D eigenvalue weighted by Crippen LogP contribution is 2.25. The molecule has 1 unspecified atom stereocenters. The Hall–Kier alpha value is -1.03. The van der Waals surface area contributed by atoms with E-state index in [4.69, 9.17) is 0 Å². The van der Waals surface area contributed by atoms with Crippen LogP contribution in [0.2, 0.25) is 0 Å². The standard InChI is InChI=1S/C10H12F2N2/c11-10(12)8-4-7(5-13-6-8)9-2-1-3-14-9/h4-6,9-10,14H,1-3H2. The minimum atomic E-state index is -2.43. The van der Waals surface area contributed by atoms with Gasteiger partial charge in [0.05, 0.1) is 0 Å². The molecule has 2 rings (SSSR count). The maximum atomic E-state index is 12.4. The second-order valence-electron chi connectivity index (χ2n) is 3.50. The van der Waals surface area contributed by atoms with Crippen molar-refractivity contribution in [3.63, 3.8) is 0 Å².